The van der Waals surface area contributed by atoms with Crippen molar-refractivity contribution in [1.29, 1.82) is 0 Å². The van der Waals surface area contributed by atoms with E-state index in [1.165, 1.54) is 13.2 Å². The quantitative estimate of drug-likeness (QED) is 0.801. The van der Waals surface area contributed by atoms with Crippen molar-refractivity contribution in [3.05, 3.63) is 28.2 Å². The van der Waals surface area contributed by atoms with Crippen molar-refractivity contribution in [2.75, 3.05) is 13.7 Å². The number of halogens is 1. The van der Waals surface area contributed by atoms with Gasteiger partial charge in [0.25, 0.3) is 0 Å². The monoisotopic (exact) mass is 351 g/mol. The highest BCUT2D eigenvalue weighted by atomic mass is 79.9. The largest absolute Gasteiger partial charge is 0.479 e. The number of nitrogens with one attached hydrogen (secondary N) is 1. The molecule has 1 rings (SSSR count). The maximum atomic E-state index is 12.0. The highest BCUT2D eigenvalue weighted by Gasteiger charge is 2.22. The van der Waals surface area contributed by atoms with Gasteiger partial charge in [0, 0.05) is 18.1 Å². The molecule has 8 heteroatoms. The van der Waals surface area contributed by atoms with Crippen molar-refractivity contribution >= 4 is 31.9 Å². The van der Waals surface area contributed by atoms with Crippen molar-refractivity contribution in [3.63, 3.8) is 0 Å². The molecule has 0 fully saturated rings. The lowest BCUT2D eigenvalue weighted by molar-refractivity contribution is -0.147. The first-order valence-corrected chi connectivity index (χ1v) is 7.57. The third-order valence-electron chi connectivity index (χ3n) is 2.40. The van der Waals surface area contributed by atoms with E-state index in [1.807, 2.05) is 6.92 Å². The predicted octanol–water partition coefficient (Wildman–Crippen LogP) is 1.14. The summed E-state index contributed by atoms with van der Waals surface area (Å²) < 4.78 is 31.3. The molecule has 1 unspecified atom stereocenters. The maximum Gasteiger partial charge on any atom is 0.334 e. The highest BCUT2D eigenvalue weighted by molar-refractivity contribution is 9.10. The van der Waals surface area contributed by atoms with Crippen molar-refractivity contribution in [3.8, 4) is 0 Å². The normalized spacial score (nSPS) is 13.2. The number of aliphatic carboxylic acids is 1. The van der Waals surface area contributed by atoms with Crippen LogP contribution in [0.2, 0.25) is 0 Å². The van der Waals surface area contributed by atoms with E-state index >= 15 is 0 Å². The van der Waals surface area contributed by atoms with Gasteiger partial charge in [0.1, 0.15) is 0 Å². The lowest BCUT2D eigenvalue weighted by Gasteiger charge is -2.13. The van der Waals surface area contributed by atoms with Gasteiger partial charge in [-0.05, 0) is 40.5 Å². The summed E-state index contributed by atoms with van der Waals surface area (Å²) in [6.07, 6.45) is -1.22. The van der Waals surface area contributed by atoms with E-state index in [0.29, 0.717) is 4.47 Å². The number of ether oxygens (including phenoxy) is 1. The Kier molecular flexibility index (Phi) is 5.48. The molecule has 0 aromatic heterocycles. The van der Waals surface area contributed by atoms with Gasteiger partial charge in [0.05, 0.1) is 4.90 Å². The van der Waals surface area contributed by atoms with Crippen LogP contribution in [0.3, 0.4) is 0 Å². The molecular weight excluding hydrogens is 338 g/mol. The van der Waals surface area contributed by atoms with Crippen LogP contribution >= 0.6 is 15.9 Å². The van der Waals surface area contributed by atoms with Crippen LogP contribution in [0.1, 0.15) is 5.56 Å². The fourth-order valence-electron chi connectivity index (χ4n) is 1.36. The topological polar surface area (TPSA) is 92.7 Å². The van der Waals surface area contributed by atoms with Crippen molar-refractivity contribution in [1.82, 2.24) is 4.72 Å². The Bertz CT molecular complexity index is 572. The maximum absolute atomic E-state index is 12.0. The van der Waals surface area contributed by atoms with Gasteiger partial charge in [-0.3, -0.25) is 0 Å². The molecule has 0 saturated heterocycles. The smallest absolute Gasteiger partial charge is 0.334 e. The molecule has 1 atom stereocenters. The molecule has 0 bridgehead atoms. The fourth-order valence-corrected chi connectivity index (χ4v) is 3.58. The minimum atomic E-state index is -3.79. The number of hydrogen-bond donors (Lipinski definition) is 2. The van der Waals surface area contributed by atoms with E-state index in [2.05, 4.69) is 25.4 Å². The molecule has 0 aliphatic rings. The van der Waals surface area contributed by atoms with E-state index in [9.17, 15) is 13.2 Å². The summed E-state index contributed by atoms with van der Waals surface area (Å²) in [4.78, 5) is 10.8. The summed E-state index contributed by atoms with van der Waals surface area (Å²) >= 11 is 3.17. The van der Waals surface area contributed by atoms with E-state index in [1.54, 1.807) is 12.1 Å². The molecule has 0 amide bonds. The number of aryl methyl sites for hydroxylation is 1. The molecule has 1 aromatic carbocycles. The van der Waals surface area contributed by atoms with Crippen molar-refractivity contribution in [2.45, 2.75) is 17.9 Å². The third kappa shape index (κ3) is 4.27. The number of carboxylic acid groups (broad SMARTS) is 1. The van der Waals surface area contributed by atoms with E-state index in [0.717, 1.165) is 5.56 Å². The molecule has 2 N–H and O–H groups in total. The zero-order chi connectivity index (χ0) is 14.6. The van der Waals surface area contributed by atoms with E-state index in [4.69, 9.17) is 5.11 Å². The van der Waals surface area contributed by atoms with Crippen LogP contribution in [0.4, 0.5) is 0 Å². The molecule has 0 radical (unpaired) electrons. The van der Waals surface area contributed by atoms with Crippen LogP contribution in [0.5, 0.6) is 0 Å². The van der Waals surface area contributed by atoms with Gasteiger partial charge in [0.15, 0.2) is 6.10 Å². The van der Waals surface area contributed by atoms with Gasteiger partial charge in [-0.15, -0.1) is 0 Å². The molecule has 106 valence electrons. The SMILES string of the molecule is COC(CNS(=O)(=O)c1ccc(C)cc1Br)C(=O)O. The van der Waals surface area contributed by atoms with Crippen LogP contribution in [0.25, 0.3) is 0 Å². The predicted molar refractivity (Wildman–Crippen MR) is 72.5 cm³/mol. The van der Waals surface area contributed by atoms with Gasteiger partial charge in [-0.2, -0.15) is 0 Å². The molecule has 0 saturated carbocycles. The molecule has 1 aromatic rings. The Morgan fingerprint density at radius 3 is 2.63 bits per heavy atom. The number of rotatable bonds is 6. The summed E-state index contributed by atoms with van der Waals surface area (Å²) in [6, 6.07) is 4.77. The summed E-state index contributed by atoms with van der Waals surface area (Å²) in [5, 5.41) is 8.76. The summed E-state index contributed by atoms with van der Waals surface area (Å²) in [5.41, 5.74) is 0.908. The Morgan fingerprint density at radius 2 is 2.16 bits per heavy atom. The minimum Gasteiger partial charge on any atom is -0.479 e. The highest BCUT2D eigenvalue weighted by Crippen LogP contribution is 2.22. The zero-order valence-electron chi connectivity index (χ0n) is 10.4. The number of benzene rings is 1. The number of carbonyl (C=O) groups is 1. The molecular formula is C11H14BrNO5S. The second kappa shape index (κ2) is 6.47. The fraction of sp³-hybridized carbons (Fsp3) is 0.364. The lowest BCUT2D eigenvalue weighted by Crippen LogP contribution is -2.37. The van der Waals surface area contributed by atoms with Crippen LogP contribution < -0.4 is 4.72 Å². The average molecular weight is 352 g/mol. The van der Waals surface area contributed by atoms with Crippen LogP contribution in [0, 0.1) is 6.92 Å². The standard InChI is InChI=1S/C11H14BrNO5S/c1-7-3-4-10(8(12)5-7)19(16,17)13-6-9(18-2)11(14)15/h3-5,9,13H,6H2,1-2H3,(H,14,15). The molecule has 6 nitrogen and oxygen atoms in total. The molecule has 0 aliphatic heterocycles. The first-order valence-electron chi connectivity index (χ1n) is 5.29. The Morgan fingerprint density at radius 1 is 1.53 bits per heavy atom. The summed E-state index contributed by atoms with van der Waals surface area (Å²) in [6.45, 7) is 1.49. The van der Waals surface area contributed by atoms with Gasteiger partial charge in [0.2, 0.25) is 10.0 Å². The molecule has 0 spiro atoms. The average Bonchev–Trinajstić information content (AvgIpc) is 2.28. The van der Waals surface area contributed by atoms with E-state index < -0.39 is 22.1 Å². The van der Waals surface area contributed by atoms with Crippen molar-refractivity contribution < 1.29 is 23.1 Å². The summed E-state index contributed by atoms with van der Waals surface area (Å²) in [5.74, 6) is -1.23. The molecule has 19 heavy (non-hydrogen) atoms. The second-order valence-corrected chi connectivity index (χ2v) is 6.44. The Labute approximate surface area is 120 Å². The molecule has 0 heterocycles. The number of carboxylic acids is 1. The van der Waals surface area contributed by atoms with Gasteiger partial charge >= 0.3 is 5.97 Å². The van der Waals surface area contributed by atoms with Gasteiger partial charge in [-0.25, -0.2) is 17.9 Å². The number of hydrogen-bond acceptors (Lipinski definition) is 4. The Balaban J connectivity index is 2.90. The first-order chi connectivity index (χ1) is 8.77. The lowest BCUT2D eigenvalue weighted by atomic mass is 10.2. The minimum absolute atomic E-state index is 0.0540. The van der Waals surface area contributed by atoms with Crippen LogP contribution in [-0.4, -0.2) is 39.3 Å². The van der Waals surface area contributed by atoms with Gasteiger partial charge < -0.3 is 9.84 Å². The van der Waals surface area contributed by atoms with Crippen LogP contribution in [-0.2, 0) is 19.6 Å². The summed E-state index contributed by atoms with van der Waals surface area (Å²) in [7, 11) is -2.58. The number of methoxy groups -OCH3 is 1. The molecule has 0 aliphatic carbocycles. The van der Waals surface area contributed by atoms with Crippen LogP contribution in [0.15, 0.2) is 27.6 Å². The Hall–Kier alpha value is -0.960. The van der Waals surface area contributed by atoms with Gasteiger partial charge in [-0.1, -0.05) is 6.07 Å². The first kappa shape index (κ1) is 16.1. The third-order valence-corrected chi connectivity index (χ3v) is 4.80. The van der Waals surface area contributed by atoms with E-state index in [-0.39, 0.29) is 11.4 Å². The van der Waals surface area contributed by atoms with Crippen molar-refractivity contribution in [2.24, 2.45) is 0 Å². The zero-order valence-corrected chi connectivity index (χ0v) is 12.8. The number of sulfonamides is 1. The second-order valence-electron chi connectivity index (χ2n) is 3.85.